The molecule has 2 aliphatic heterocycles. The second-order valence-electron chi connectivity index (χ2n) is 11.4. The Labute approximate surface area is 217 Å². The van der Waals surface area contributed by atoms with Crippen LogP contribution in [0.4, 0.5) is 13.2 Å². The van der Waals surface area contributed by atoms with Crippen molar-refractivity contribution in [1.82, 2.24) is 4.90 Å². The summed E-state index contributed by atoms with van der Waals surface area (Å²) in [5, 5.41) is 10.3. The van der Waals surface area contributed by atoms with Gasteiger partial charge in [0, 0.05) is 18.6 Å². The van der Waals surface area contributed by atoms with Crippen LogP contribution in [0.3, 0.4) is 0 Å². The molecule has 1 aliphatic carbocycles. The van der Waals surface area contributed by atoms with Gasteiger partial charge in [0.1, 0.15) is 11.3 Å². The summed E-state index contributed by atoms with van der Waals surface area (Å²) in [6.45, 7) is 2.91. The molecule has 3 fully saturated rings. The van der Waals surface area contributed by atoms with Gasteiger partial charge in [0.05, 0.1) is 12.0 Å². The summed E-state index contributed by atoms with van der Waals surface area (Å²) in [6, 6.07) is 9.14. The smallest absolute Gasteiger partial charge is 0.420 e. The molecule has 4 nitrogen and oxygen atoms in total. The van der Waals surface area contributed by atoms with Gasteiger partial charge in [-0.1, -0.05) is 44.0 Å². The van der Waals surface area contributed by atoms with Crippen molar-refractivity contribution in [3.8, 4) is 5.75 Å². The van der Waals surface area contributed by atoms with E-state index in [1.54, 1.807) is 18.2 Å². The Bertz CT molecular complexity index is 1100. The molecule has 7 heteroatoms. The van der Waals surface area contributed by atoms with E-state index < -0.39 is 17.7 Å². The van der Waals surface area contributed by atoms with Gasteiger partial charge in [-0.3, -0.25) is 9.69 Å². The normalized spacial score (nSPS) is 28.8. The van der Waals surface area contributed by atoms with E-state index in [1.165, 1.54) is 6.07 Å². The molecule has 0 amide bonds. The lowest BCUT2D eigenvalue weighted by Gasteiger charge is -2.48. The first kappa shape index (κ1) is 26.3. The number of carboxylic acids is 1. The molecule has 0 spiro atoms. The summed E-state index contributed by atoms with van der Waals surface area (Å²) >= 11 is 0. The number of aliphatic carboxylic acids is 1. The number of hydrogen-bond acceptors (Lipinski definition) is 3. The zero-order chi connectivity index (χ0) is 26.2. The third-order valence-electron chi connectivity index (χ3n) is 9.13. The van der Waals surface area contributed by atoms with Crippen LogP contribution < -0.4 is 4.74 Å². The fourth-order valence-corrected chi connectivity index (χ4v) is 7.03. The van der Waals surface area contributed by atoms with Crippen LogP contribution >= 0.6 is 0 Å². The van der Waals surface area contributed by atoms with Crippen LogP contribution in [0.5, 0.6) is 5.75 Å². The SMILES string of the molecule is CCC1CCC(Oc2ccc3ccc(CCN4C5CCCC4CC(C(=O)O)C5)cc3c2C(F)(F)F)CC1. The summed E-state index contributed by atoms with van der Waals surface area (Å²) in [5.41, 5.74) is 0.209. The summed E-state index contributed by atoms with van der Waals surface area (Å²) in [5.74, 6) is -0.392. The van der Waals surface area contributed by atoms with E-state index in [9.17, 15) is 23.1 Å². The number of nitrogens with zero attached hydrogens (tertiary/aromatic N) is 1. The molecule has 3 aliphatic rings. The number of fused-ring (bicyclic) bond motifs is 3. The van der Waals surface area contributed by atoms with Gasteiger partial charge in [-0.2, -0.15) is 13.2 Å². The quantitative estimate of drug-likeness (QED) is 0.414. The molecule has 2 aromatic carbocycles. The van der Waals surface area contributed by atoms with Gasteiger partial charge in [-0.05, 0) is 86.1 Å². The zero-order valence-corrected chi connectivity index (χ0v) is 21.6. The highest BCUT2D eigenvalue weighted by molar-refractivity contribution is 5.89. The van der Waals surface area contributed by atoms with Crippen LogP contribution in [0.2, 0.25) is 0 Å². The van der Waals surface area contributed by atoms with E-state index in [0.29, 0.717) is 30.6 Å². The Morgan fingerprint density at radius 2 is 1.70 bits per heavy atom. The molecule has 2 heterocycles. The van der Waals surface area contributed by atoms with Crippen LogP contribution in [-0.4, -0.2) is 40.7 Å². The molecule has 2 saturated heterocycles. The van der Waals surface area contributed by atoms with Crippen molar-refractivity contribution in [1.29, 1.82) is 0 Å². The maximum atomic E-state index is 14.4. The van der Waals surface area contributed by atoms with E-state index in [1.807, 2.05) is 6.07 Å². The van der Waals surface area contributed by atoms with E-state index in [2.05, 4.69) is 11.8 Å². The van der Waals surface area contributed by atoms with Crippen LogP contribution in [0.1, 0.15) is 82.3 Å². The molecule has 5 rings (SSSR count). The van der Waals surface area contributed by atoms with Crippen molar-refractivity contribution >= 4 is 16.7 Å². The molecule has 2 aromatic rings. The fraction of sp³-hybridized carbons (Fsp3) is 0.633. The summed E-state index contributed by atoms with van der Waals surface area (Å²) in [4.78, 5) is 14.0. The van der Waals surface area contributed by atoms with Gasteiger partial charge in [0.2, 0.25) is 0 Å². The molecule has 2 atom stereocenters. The van der Waals surface area contributed by atoms with Crippen molar-refractivity contribution in [2.45, 2.75) is 102 Å². The number of benzene rings is 2. The first-order valence-corrected chi connectivity index (χ1v) is 14.0. The van der Waals surface area contributed by atoms with E-state index >= 15 is 0 Å². The number of carbonyl (C=O) groups is 1. The van der Waals surface area contributed by atoms with Crippen LogP contribution in [0.25, 0.3) is 10.8 Å². The minimum absolute atomic E-state index is 0.0534. The van der Waals surface area contributed by atoms with Crippen molar-refractivity contribution in [3.05, 3.63) is 41.5 Å². The van der Waals surface area contributed by atoms with Crippen molar-refractivity contribution in [2.75, 3.05) is 6.54 Å². The number of hydrogen-bond donors (Lipinski definition) is 1. The van der Waals surface area contributed by atoms with Crippen LogP contribution in [-0.2, 0) is 17.4 Å². The molecule has 1 N–H and O–H groups in total. The molecule has 202 valence electrons. The number of carboxylic acid groups (broad SMARTS) is 1. The van der Waals surface area contributed by atoms with Crippen molar-refractivity contribution in [2.24, 2.45) is 11.8 Å². The van der Waals surface area contributed by atoms with Gasteiger partial charge < -0.3 is 9.84 Å². The number of piperidine rings is 2. The molecule has 1 saturated carbocycles. The minimum atomic E-state index is -4.51. The highest BCUT2D eigenvalue weighted by atomic mass is 19.4. The Morgan fingerprint density at radius 1 is 1.03 bits per heavy atom. The van der Waals surface area contributed by atoms with E-state index in [4.69, 9.17) is 4.74 Å². The largest absolute Gasteiger partial charge is 0.490 e. The molecular weight excluding hydrogens is 479 g/mol. The highest BCUT2D eigenvalue weighted by Crippen LogP contribution is 2.43. The summed E-state index contributed by atoms with van der Waals surface area (Å²) in [7, 11) is 0. The predicted octanol–water partition coefficient (Wildman–Crippen LogP) is 7.47. The highest BCUT2D eigenvalue weighted by Gasteiger charge is 2.41. The molecule has 0 radical (unpaired) electrons. The van der Waals surface area contributed by atoms with Crippen molar-refractivity contribution in [3.63, 3.8) is 0 Å². The number of halogens is 3. The summed E-state index contributed by atoms with van der Waals surface area (Å²) < 4.78 is 49.1. The van der Waals surface area contributed by atoms with Crippen LogP contribution in [0.15, 0.2) is 30.3 Å². The Balaban J connectivity index is 1.35. The fourth-order valence-electron chi connectivity index (χ4n) is 7.03. The second kappa shape index (κ2) is 10.8. The van der Waals surface area contributed by atoms with Gasteiger partial charge in [-0.15, -0.1) is 0 Å². The monoisotopic (exact) mass is 517 g/mol. The lowest BCUT2D eigenvalue weighted by molar-refractivity contribution is -0.146. The zero-order valence-electron chi connectivity index (χ0n) is 21.6. The predicted molar refractivity (Wildman–Crippen MR) is 138 cm³/mol. The number of ether oxygens (including phenoxy) is 1. The third kappa shape index (κ3) is 5.76. The topological polar surface area (TPSA) is 49.8 Å². The van der Waals surface area contributed by atoms with E-state index in [0.717, 1.165) is 63.5 Å². The second-order valence-corrected chi connectivity index (χ2v) is 11.4. The minimum Gasteiger partial charge on any atom is -0.490 e. The maximum Gasteiger partial charge on any atom is 0.420 e. The van der Waals surface area contributed by atoms with Crippen LogP contribution in [0, 0.1) is 11.8 Å². The number of alkyl halides is 3. The van der Waals surface area contributed by atoms with Gasteiger partial charge >= 0.3 is 12.1 Å². The molecule has 0 aromatic heterocycles. The summed E-state index contributed by atoms with van der Waals surface area (Å²) in [6.07, 6.45) is 5.14. The van der Waals surface area contributed by atoms with Gasteiger partial charge in [-0.25, -0.2) is 0 Å². The van der Waals surface area contributed by atoms with Gasteiger partial charge in [0.25, 0.3) is 0 Å². The molecule has 2 unspecified atom stereocenters. The average Bonchev–Trinajstić information content (AvgIpc) is 2.86. The Hall–Kier alpha value is -2.28. The number of rotatable bonds is 7. The first-order valence-electron chi connectivity index (χ1n) is 14.0. The standard InChI is InChI=1S/C30H38F3NO3/c1-2-19-7-11-25(12-8-19)37-27-13-10-21-9-6-20(16-26(21)28(27)30(31,32)33)14-15-34-23-4-3-5-24(34)18-22(17-23)29(35)36/h6,9-10,13,16,19,22-25H,2-5,7-8,11-12,14-15,17-18H2,1H3,(H,35,36). The maximum absolute atomic E-state index is 14.4. The Kier molecular flexibility index (Phi) is 7.71. The van der Waals surface area contributed by atoms with Crippen molar-refractivity contribution < 1.29 is 27.8 Å². The lowest BCUT2D eigenvalue weighted by atomic mass is 9.78. The average molecular weight is 518 g/mol. The van der Waals surface area contributed by atoms with E-state index in [-0.39, 0.29) is 35.2 Å². The third-order valence-corrected chi connectivity index (χ3v) is 9.13. The lowest BCUT2D eigenvalue weighted by Crippen LogP contribution is -2.53. The molecular formula is C30H38F3NO3. The van der Waals surface area contributed by atoms with Gasteiger partial charge in [0.15, 0.2) is 0 Å². The Morgan fingerprint density at radius 3 is 2.32 bits per heavy atom. The molecule has 37 heavy (non-hydrogen) atoms. The molecule has 2 bridgehead atoms. The first-order chi connectivity index (χ1) is 17.7.